The second-order valence-electron chi connectivity index (χ2n) is 7.03. The Morgan fingerprint density at radius 2 is 2.16 bits per heavy atom. The van der Waals surface area contributed by atoms with Crippen molar-refractivity contribution in [1.82, 2.24) is 19.9 Å². The molecule has 2 aromatic heterocycles. The highest BCUT2D eigenvalue weighted by Crippen LogP contribution is 2.29. The normalized spacial score (nSPS) is 14.6. The van der Waals surface area contributed by atoms with Crippen LogP contribution in [0.15, 0.2) is 28.9 Å². The van der Waals surface area contributed by atoms with Crippen LogP contribution in [0, 0.1) is 5.82 Å². The molecule has 164 valence electrons. The van der Waals surface area contributed by atoms with Gasteiger partial charge in [0.25, 0.3) is 0 Å². The van der Waals surface area contributed by atoms with Crippen molar-refractivity contribution in [3.8, 4) is 5.75 Å². The summed E-state index contributed by atoms with van der Waals surface area (Å²) in [5, 5.41) is 2.89. The number of nitrogens with zero attached hydrogens (tertiary/aromatic N) is 4. The molecule has 1 aliphatic rings. The van der Waals surface area contributed by atoms with E-state index in [-0.39, 0.29) is 24.4 Å². The summed E-state index contributed by atoms with van der Waals surface area (Å²) in [6.07, 6.45) is 3.18. The zero-order valence-corrected chi connectivity index (χ0v) is 18.5. The van der Waals surface area contributed by atoms with Crippen molar-refractivity contribution in [3.63, 3.8) is 0 Å². The standard InChI is InChI=1S/C20H22BrFN6O3/c1-2-30-17(29)11-23-19-25-15-10-24-20(27-18(15)26-19)28-7-5-13(6-8-28)31-16-9-12(22)3-4-14(16)21/h3-4,9-10,13H,2,5-8,11H2,1H3,(H2,23,24,25,26,27). The SMILES string of the molecule is CCOC(=O)CNc1nc2nc(N3CCC(Oc4cc(F)ccc4Br)CC3)ncc2[nH]1. The van der Waals surface area contributed by atoms with Crippen molar-refractivity contribution in [1.29, 1.82) is 0 Å². The van der Waals surface area contributed by atoms with Crippen molar-refractivity contribution in [2.75, 3.05) is 36.5 Å². The summed E-state index contributed by atoms with van der Waals surface area (Å²) in [5.74, 6) is 0.844. The Kier molecular flexibility index (Phi) is 6.50. The fourth-order valence-corrected chi connectivity index (χ4v) is 3.66. The number of carbonyl (C=O) groups excluding carboxylic acids is 1. The number of esters is 1. The smallest absolute Gasteiger partial charge is 0.325 e. The van der Waals surface area contributed by atoms with Gasteiger partial charge in [-0.2, -0.15) is 9.97 Å². The van der Waals surface area contributed by atoms with Gasteiger partial charge in [0.15, 0.2) is 5.65 Å². The lowest BCUT2D eigenvalue weighted by Crippen LogP contribution is -2.39. The Hall–Kier alpha value is -2.95. The largest absolute Gasteiger partial charge is 0.489 e. The number of halogens is 2. The highest BCUT2D eigenvalue weighted by Gasteiger charge is 2.23. The number of piperidine rings is 1. The number of benzene rings is 1. The van der Waals surface area contributed by atoms with Crippen LogP contribution in [0.1, 0.15) is 19.8 Å². The van der Waals surface area contributed by atoms with Gasteiger partial charge in [-0.15, -0.1) is 0 Å². The van der Waals surface area contributed by atoms with Crippen molar-refractivity contribution in [2.45, 2.75) is 25.9 Å². The number of aromatic nitrogens is 4. The molecule has 9 nitrogen and oxygen atoms in total. The minimum Gasteiger partial charge on any atom is -0.489 e. The second kappa shape index (κ2) is 9.46. The summed E-state index contributed by atoms with van der Waals surface area (Å²) in [6.45, 7) is 3.52. The van der Waals surface area contributed by atoms with Gasteiger partial charge in [0.2, 0.25) is 11.9 Å². The Morgan fingerprint density at radius 3 is 2.94 bits per heavy atom. The van der Waals surface area contributed by atoms with E-state index >= 15 is 0 Å². The molecular weight excluding hydrogens is 471 g/mol. The molecule has 2 N–H and O–H groups in total. The maximum absolute atomic E-state index is 13.5. The van der Waals surface area contributed by atoms with E-state index in [2.05, 4.69) is 46.1 Å². The number of anilines is 2. The molecule has 0 spiro atoms. The predicted molar refractivity (Wildman–Crippen MR) is 117 cm³/mol. The van der Waals surface area contributed by atoms with E-state index in [1.54, 1.807) is 19.2 Å². The number of carbonyl (C=O) groups is 1. The topological polar surface area (TPSA) is 105 Å². The number of imidazole rings is 1. The van der Waals surface area contributed by atoms with Gasteiger partial charge >= 0.3 is 5.97 Å². The first-order valence-electron chi connectivity index (χ1n) is 10.0. The van der Waals surface area contributed by atoms with Crippen molar-refractivity contribution in [2.24, 2.45) is 0 Å². The molecule has 1 aliphatic heterocycles. The Labute approximate surface area is 186 Å². The average molecular weight is 493 g/mol. The van der Waals surface area contributed by atoms with Crippen molar-refractivity contribution < 1.29 is 18.7 Å². The summed E-state index contributed by atoms with van der Waals surface area (Å²) < 4.78 is 25.1. The number of hydrogen-bond donors (Lipinski definition) is 2. The monoisotopic (exact) mass is 492 g/mol. The van der Waals surface area contributed by atoms with E-state index in [0.717, 1.165) is 17.3 Å². The van der Waals surface area contributed by atoms with Crippen LogP contribution in [0.4, 0.5) is 16.3 Å². The molecule has 3 aromatic rings. The zero-order chi connectivity index (χ0) is 21.8. The molecule has 3 heterocycles. The van der Waals surface area contributed by atoms with Gasteiger partial charge in [-0.05, 0) is 35.0 Å². The van der Waals surface area contributed by atoms with Crippen molar-refractivity contribution >= 4 is 45.0 Å². The molecule has 0 saturated carbocycles. The van der Waals surface area contributed by atoms with Crippen LogP contribution in [0.25, 0.3) is 11.2 Å². The van der Waals surface area contributed by atoms with Crippen LogP contribution in [0.2, 0.25) is 0 Å². The summed E-state index contributed by atoms with van der Waals surface area (Å²) in [7, 11) is 0. The Bertz CT molecular complexity index is 1070. The molecule has 0 unspecified atom stereocenters. The first-order chi connectivity index (χ1) is 15.0. The second-order valence-corrected chi connectivity index (χ2v) is 7.88. The van der Waals surface area contributed by atoms with Crippen LogP contribution >= 0.6 is 15.9 Å². The third kappa shape index (κ3) is 5.22. The van der Waals surface area contributed by atoms with Gasteiger partial charge in [-0.3, -0.25) is 4.79 Å². The maximum Gasteiger partial charge on any atom is 0.325 e. The van der Waals surface area contributed by atoms with E-state index in [0.29, 0.717) is 48.5 Å². The van der Waals surface area contributed by atoms with Gasteiger partial charge in [-0.1, -0.05) is 0 Å². The van der Waals surface area contributed by atoms with Crippen LogP contribution in [-0.4, -0.2) is 58.3 Å². The zero-order valence-electron chi connectivity index (χ0n) is 16.9. The summed E-state index contributed by atoms with van der Waals surface area (Å²) in [6, 6.07) is 4.42. The quantitative estimate of drug-likeness (QED) is 0.484. The number of H-pyrrole nitrogens is 1. The molecule has 0 atom stereocenters. The maximum atomic E-state index is 13.5. The van der Waals surface area contributed by atoms with E-state index in [1.165, 1.54) is 12.1 Å². The minimum absolute atomic E-state index is 0.0119. The Morgan fingerprint density at radius 1 is 1.35 bits per heavy atom. The van der Waals surface area contributed by atoms with Gasteiger partial charge in [0.05, 0.1) is 17.3 Å². The van der Waals surface area contributed by atoms with Crippen LogP contribution in [0.5, 0.6) is 5.75 Å². The van der Waals surface area contributed by atoms with Gasteiger partial charge in [0, 0.05) is 32.0 Å². The summed E-state index contributed by atoms with van der Waals surface area (Å²) in [4.78, 5) is 29.9. The molecular formula is C20H22BrFN6O3. The third-order valence-corrected chi connectivity index (χ3v) is 5.50. The molecule has 0 radical (unpaired) electrons. The van der Waals surface area contributed by atoms with Gasteiger partial charge in [0.1, 0.15) is 29.7 Å². The lowest BCUT2D eigenvalue weighted by molar-refractivity contribution is -0.140. The minimum atomic E-state index is -0.356. The predicted octanol–water partition coefficient (Wildman–Crippen LogP) is 3.28. The number of hydrogen-bond acceptors (Lipinski definition) is 8. The average Bonchev–Trinajstić information content (AvgIpc) is 3.18. The van der Waals surface area contributed by atoms with E-state index in [4.69, 9.17) is 9.47 Å². The molecule has 31 heavy (non-hydrogen) atoms. The molecule has 4 rings (SSSR count). The lowest BCUT2D eigenvalue weighted by Gasteiger charge is -2.32. The highest BCUT2D eigenvalue weighted by atomic mass is 79.9. The van der Waals surface area contributed by atoms with Gasteiger partial charge in [-0.25, -0.2) is 9.37 Å². The highest BCUT2D eigenvalue weighted by molar-refractivity contribution is 9.10. The van der Waals surface area contributed by atoms with Crippen LogP contribution in [0.3, 0.4) is 0 Å². The number of nitrogens with one attached hydrogen (secondary N) is 2. The number of aromatic amines is 1. The summed E-state index contributed by atoms with van der Waals surface area (Å²) in [5.41, 5.74) is 1.18. The van der Waals surface area contributed by atoms with Crippen LogP contribution in [-0.2, 0) is 9.53 Å². The molecule has 1 saturated heterocycles. The number of fused-ring (bicyclic) bond motifs is 1. The van der Waals surface area contributed by atoms with E-state index in [9.17, 15) is 9.18 Å². The molecule has 11 heteroatoms. The number of ether oxygens (including phenoxy) is 2. The lowest BCUT2D eigenvalue weighted by atomic mass is 10.1. The third-order valence-electron chi connectivity index (χ3n) is 4.84. The number of rotatable bonds is 7. The fourth-order valence-electron chi connectivity index (χ4n) is 3.32. The first kappa shape index (κ1) is 21.3. The van der Waals surface area contributed by atoms with Crippen molar-refractivity contribution in [3.05, 3.63) is 34.7 Å². The van der Waals surface area contributed by atoms with Crippen LogP contribution < -0.4 is 15.0 Å². The molecule has 1 fully saturated rings. The Balaban J connectivity index is 1.36. The summed E-state index contributed by atoms with van der Waals surface area (Å²) >= 11 is 3.39. The molecule has 0 aliphatic carbocycles. The molecule has 0 amide bonds. The first-order valence-corrected chi connectivity index (χ1v) is 10.8. The van der Waals surface area contributed by atoms with E-state index in [1.807, 2.05) is 0 Å². The fraction of sp³-hybridized carbons (Fsp3) is 0.400. The molecule has 0 bridgehead atoms. The van der Waals surface area contributed by atoms with E-state index < -0.39 is 0 Å². The molecule has 1 aromatic carbocycles. The van der Waals surface area contributed by atoms with Gasteiger partial charge < -0.3 is 24.7 Å².